The van der Waals surface area contributed by atoms with Crippen LogP contribution in [-0.4, -0.2) is 15.0 Å². The third-order valence-corrected chi connectivity index (χ3v) is 3.20. The SMILES string of the molecule is CCCCCCCCn1nnc(N)c1C(C)(C)C. The highest BCUT2D eigenvalue weighted by atomic mass is 15.4. The van der Waals surface area contributed by atoms with Crippen LogP contribution >= 0.6 is 0 Å². The van der Waals surface area contributed by atoms with Gasteiger partial charge in [-0.1, -0.05) is 65.0 Å². The van der Waals surface area contributed by atoms with E-state index in [-0.39, 0.29) is 5.41 Å². The van der Waals surface area contributed by atoms with Crippen LogP contribution in [0.4, 0.5) is 5.82 Å². The normalized spacial score (nSPS) is 12.0. The summed E-state index contributed by atoms with van der Waals surface area (Å²) in [5.74, 6) is 0.577. The molecule has 0 spiro atoms. The average Bonchev–Trinajstić information content (AvgIpc) is 2.64. The Balaban J connectivity index is 2.43. The van der Waals surface area contributed by atoms with E-state index in [2.05, 4.69) is 38.0 Å². The Kier molecular flexibility index (Phi) is 5.63. The first-order chi connectivity index (χ1) is 8.46. The summed E-state index contributed by atoms with van der Waals surface area (Å²) in [7, 11) is 0. The maximum Gasteiger partial charge on any atom is 0.169 e. The van der Waals surface area contributed by atoms with Gasteiger partial charge in [0.15, 0.2) is 5.82 Å². The number of hydrogen-bond donors (Lipinski definition) is 1. The molecular formula is C14H28N4. The molecule has 0 aliphatic carbocycles. The second kappa shape index (κ2) is 6.76. The highest BCUT2D eigenvalue weighted by molar-refractivity contribution is 5.37. The Morgan fingerprint density at radius 1 is 1.06 bits per heavy atom. The molecule has 1 aromatic rings. The molecule has 4 heteroatoms. The van der Waals surface area contributed by atoms with Crippen molar-refractivity contribution >= 4 is 5.82 Å². The van der Waals surface area contributed by atoms with Gasteiger partial charge in [0.2, 0.25) is 0 Å². The van der Waals surface area contributed by atoms with Gasteiger partial charge in [-0.3, -0.25) is 0 Å². The molecular weight excluding hydrogens is 224 g/mol. The number of nitrogens with two attached hydrogens (primary N) is 1. The summed E-state index contributed by atoms with van der Waals surface area (Å²) in [4.78, 5) is 0. The zero-order chi connectivity index (χ0) is 13.6. The van der Waals surface area contributed by atoms with Gasteiger partial charge in [0.05, 0.1) is 5.69 Å². The van der Waals surface area contributed by atoms with Crippen molar-refractivity contribution in [3.63, 3.8) is 0 Å². The fraction of sp³-hybridized carbons (Fsp3) is 0.857. The molecule has 1 aromatic heterocycles. The predicted molar refractivity (Wildman–Crippen MR) is 76.5 cm³/mol. The maximum atomic E-state index is 5.90. The molecule has 0 radical (unpaired) electrons. The minimum Gasteiger partial charge on any atom is -0.381 e. The largest absolute Gasteiger partial charge is 0.381 e. The zero-order valence-corrected chi connectivity index (χ0v) is 12.4. The van der Waals surface area contributed by atoms with Crippen molar-refractivity contribution in [3.8, 4) is 0 Å². The summed E-state index contributed by atoms with van der Waals surface area (Å²) in [5.41, 5.74) is 6.98. The molecule has 0 saturated heterocycles. The first-order valence-corrected chi connectivity index (χ1v) is 7.16. The van der Waals surface area contributed by atoms with Crippen molar-refractivity contribution in [2.75, 3.05) is 5.73 Å². The Labute approximate surface area is 111 Å². The number of nitrogen functional groups attached to an aromatic ring is 1. The van der Waals surface area contributed by atoms with Gasteiger partial charge in [-0.15, -0.1) is 5.10 Å². The summed E-state index contributed by atoms with van der Waals surface area (Å²) in [6, 6.07) is 0. The average molecular weight is 252 g/mol. The quantitative estimate of drug-likeness (QED) is 0.755. The van der Waals surface area contributed by atoms with Crippen LogP contribution < -0.4 is 5.73 Å². The van der Waals surface area contributed by atoms with Gasteiger partial charge in [-0.25, -0.2) is 4.68 Å². The maximum absolute atomic E-state index is 5.90. The Bertz CT molecular complexity index is 349. The standard InChI is InChI=1S/C14H28N4/c1-5-6-7-8-9-10-11-18-12(14(2,3)4)13(15)16-17-18/h5-11,15H2,1-4H3. The Morgan fingerprint density at radius 2 is 1.67 bits per heavy atom. The smallest absolute Gasteiger partial charge is 0.169 e. The van der Waals surface area contributed by atoms with Gasteiger partial charge in [-0.05, 0) is 6.42 Å². The van der Waals surface area contributed by atoms with Crippen molar-refractivity contribution in [3.05, 3.63) is 5.69 Å². The summed E-state index contributed by atoms with van der Waals surface area (Å²) >= 11 is 0. The molecule has 1 rings (SSSR count). The molecule has 0 unspecified atom stereocenters. The van der Waals surface area contributed by atoms with Crippen LogP contribution in [0.1, 0.15) is 71.9 Å². The Morgan fingerprint density at radius 3 is 2.28 bits per heavy atom. The van der Waals surface area contributed by atoms with Gasteiger partial charge in [0.1, 0.15) is 0 Å². The van der Waals surface area contributed by atoms with Crippen LogP contribution in [-0.2, 0) is 12.0 Å². The lowest BCUT2D eigenvalue weighted by Gasteiger charge is -2.20. The van der Waals surface area contributed by atoms with E-state index in [1.165, 1.54) is 32.1 Å². The van der Waals surface area contributed by atoms with Crippen molar-refractivity contribution < 1.29 is 0 Å². The summed E-state index contributed by atoms with van der Waals surface area (Å²) < 4.78 is 1.98. The first-order valence-electron chi connectivity index (χ1n) is 7.16. The van der Waals surface area contributed by atoms with Gasteiger partial charge in [-0.2, -0.15) is 0 Å². The third kappa shape index (κ3) is 4.31. The van der Waals surface area contributed by atoms with Gasteiger partial charge < -0.3 is 5.73 Å². The van der Waals surface area contributed by atoms with Crippen LogP contribution in [0.3, 0.4) is 0 Å². The van der Waals surface area contributed by atoms with Crippen LogP contribution in [0.5, 0.6) is 0 Å². The van der Waals surface area contributed by atoms with E-state index < -0.39 is 0 Å². The molecule has 0 saturated carbocycles. The van der Waals surface area contributed by atoms with Crippen molar-refractivity contribution in [2.24, 2.45) is 0 Å². The second-order valence-corrected chi connectivity index (χ2v) is 6.06. The van der Waals surface area contributed by atoms with Crippen molar-refractivity contribution in [2.45, 2.75) is 78.2 Å². The monoisotopic (exact) mass is 252 g/mol. The summed E-state index contributed by atoms with van der Waals surface area (Å²) in [5, 5.41) is 8.16. The minimum atomic E-state index is 0.00972. The van der Waals surface area contributed by atoms with E-state index in [9.17, 15) is 0 Å². The van der Waals surface area contributed by atoms with E-state index in [4.69, 9.17) is 5.73 Å². The molecule has 1 heterocycles. The van der Waals surface area contributed by atoms with E-state index in [1.54, 1.807) is 0 Å². The van der Waals surface area contributed by atoms with E-state index in [0.29, 0.717) is 5.82 Å². The van der Waals surface area contributed by atoms with Gasteiger partial charge in [0.25, 0.3) is 0 Å². The molecule has 0 aliphatic rings. The molecule has 0 bridgehead atoms. The van der Waals surface area contributed by atoms with Crippen LogP contribution in [0.15, 0.2) is 0 Å². The van der Waals surface area contributed by atoms with E-state index in [1.807, 2.05) is 4.68 Å². The zero-order valence-electron chi connectivity index (χ0n) is 12.4. The van der Waals surface area contributed by atoms with Crippen molar-refractivity contribution in [1.29, 1.82) is 0 Å². The fourth-order valence-corrected chi connectivity index (χ4v) is 2.30. The van der Waals surface area contributed by atoms with Crippen LogP contribution in [0, 0.1) is 0 Å². The molecule has 0 amide bonds. The minimum absolute atomic E-state index is 0.00972. The van der Waals surface area contributed by atoms with E-state index >= 15 is 0 Å². The fourth-order valence-electron chi connectivity index (χ4n) is 2.30. The molecule has 0 aliphatic heterocycles. The number of unbranched alkanes of at least 4 members (excludes halogenated alkanes) is 5. The topological polar surface area (TPSA) is 56.7 Å². The lowest BCUT2D eigenvalue weighted by molar-refractivity contribution is 0.456. The van der Waals surface area contributed by atoms with Crippen LogP contribution in [0.25, 0.3) is 0 Å². The number of hydrogen-bond acceptors (Lipinski definition) is 3. The number of rotatable bonds is 7. The molecule has 0 aromatic carbocycles. The predicted octanol–water partition coefficient (Wildman–Crippen LogP) is 3.52. The number of aryl methyl sites for hydroxylation is 1. The molecule has 2 N–H and O–H groups in total. The number of nitrogens with zero attached hydrogens (tertiary/aromatic N) is 3. The number of aromatic nitrogens is 3. The summed E-state index contributed by atoms with van der Waals surface area (Å²) in [6.45, 7) is 9.64. The molecule has 0 atom stereocenters. The second-order valence-electron chi connectivity index (χ2n) is 6.06. The molecule has 104 valence electrons. The summed E-state index contributed by atoms with van der Waals surface area (Å²) in [6.07, 6.45) is 7.75. The molecule has 18 heavy (non-hydrogen) atoms. The van der Waals surface area contributed by atoms with Crippen molar-refractivity contribution in [1.82, 2.24) is 15.0 Å². The molecule has 4 nitrogen and oxygen atoms in total. The molecule has 0 fully saturated rings. The highest BCUT2D eigenvalue weighted by Gasteiger charge is 2.23. The van der Waals surface area contributed by atoms with Gasteiger partial charge >= 0.3 is 0 Å². The lowest BCUT2D eigenvalue weighted by Crippen LogP contribution is -2.20. The van der Waals surface area contributed by atoms with E-state index in [0.717, 1.165) is 18.7 Å². The highest BCUT2D eigenvalue weighted by Crippen LogP contribution is 2.26. The first kappa shape index (κ1) is 15.0. The van der Waals surface area contributed by atoms with Gasteiger partial charge in [0, 0.05) is 12.0 Å². The van der Waals surface area contributed by atoms with Crippen LogP contribution in [0.2, 0.25) is 0 Å². The Hall–Kier alpha value is -1.06. The number of anilines is 1. The third-order valence-electron chi connectivity index (χ3n) is 3.20. The lowest BCUT2D eigenvalue weighted by atomic mass is 9.92.